The number of furan rings is 1. The normalized spacial score (nSPS) is 12.5. The summed E-state index contributed by atoms with van der Waals surface area (Å²) in [6.45, 7) is 0. The van der Waals surface area contributed by atoms with Gasteiger partial charge in [-0.15, -0.1) is 11.3 Å². The average Bonchev–Trinajstić information content (AvgIpc) is 3.79. The second-order valence-electron chi connectivity index (χ2n) is 13.7. The van der Waals surface area contributed by atoms with Crippen LogP contribution >= 0.6 is 11.3 Å². The lowest BCUT2D eigenvalue weighted by Crippen LogP contribution is -2.15. The number of hydrogen-bond acceptors (Lipinski definition) is 5. The Morgan fingerprint density at radius 3 is 2.06 bits per heavy atom. The molecule has 12 rings (SSSR count). The number of hydrogen-bond donors (Lipinski definition) is 0. The Morgan fingerprint density at radius 2 is 1.13 bits per heavy atom. The van der Waals surface area contributed by atoms with E-state index in [1.165, 1.54) is 38.0 Å². The van der Waals surface area contributed by atoms with E-state index in [4.69, 9.17) is 14.4 Å². The van der Waals surface area contributed by atoms with Crippen molar-refractivity contribution < 1.29 is 4.42 Å². The maximum absolute atomic E-state index is 6.58. The van der Waals surface area contributed by atoms with Crippen LogP contribution in [0, 0.1) is 0 Å². The fourth-order valence-electron chi connectivity index (χ4n) is 8.52. The number of para-hydroxylation sites is 3. The van der Waals surface area contributed by atoms with E-state index in [0.717, 1.165) is 70.8 Å². The smallest absolute Gasteiger partial charge is 0.161 e. The first-order valence-corrected chi connectivity index (χ1v) is 18.7. The van der Waals surface area contributed by atoms with Gasteiger partial charge >= 0.3 is 0 Å². The van der Waals surface area contributed by atoms with Crippen LogP contribution in [0.3, 0.4) is 0 Å². The first-order valence-electron chi connectivity index (χ1n) is 17.8. The van der Waals surface area contributed by atoms with Crippen molar-refractivity contribution in [2.24, 2.45) is 0 Å². The highest BCUT2D eigenvalue weighted by Gasteiger charge is 2.28. The zero-order chi connectivity index (χ0) is 34.6. The van der Waals surface area contributed by atoms with E-state index in [1.54, 1.807) is 11.3 Å². The Balaban J connectivity index is 1.13. The summed E-state index contributed by atoms with van der Waals surface area (Å²) in [6, 6.07) is 58.3. The van der Waals surface area contributed by atoms with Crippen LogP contribution in [0.15, 0.2) is 168 Å². The lowest BCUT2D eigenvalue weighted by atomic mass is 9.90. The van der Waals surface area contributed by atoms with Gasteiger partial charge in [0.1, 0.15) is 11.2 Å². The lowest BCUT2D eigenvalue weighted by Gasteiger charge is -2.34. The van der Waals surface area contributed by atoms with Gasteiger partial charge in [0.05, 0.1) is 33.0 Å². The molecule has 4 nitrogen and oxygen atoms in total. The van der Waals surface area contributed by atoms with Gasteiger partial charge in [-0.3, -0.25) is 0 Å². The molecule has 0 aliphatic carbocycles. The Kier molecular flexibility index (Phi) is 5.90. The fourth-order valence-corrected chi connectivity index (χ4v) is 9.66. The predicted octanol–water partition coefficient (Wildman–Crippen LogP) is 13.8. The van der Waals surface area contributed by atoms with Crippen molar-refractivity contribution in [3.63, 3.8) is 0 Å². The van der Waals surface area contributed by atoms with Crippen molar-refractivity contribution >= 4 is 92.2 Å². The van der Waals surface area contributed by atoms with Crippen molar-refractivity contribution in [2.75, 3.05) is 4.90 Å². The van der Waals surface area contributed by atoms with E-state index >= 15 is 0 Å². The molecule has 0 saturated carbocycles. The van der Waals surface area contributed by atoms with Crippen molar-refractivity contribution in [2.45, 2.75) is 0 Å². The minimum absolute atomic E-state index is 0.693. The molecule has 1 aliphatic heterocycles. The molecule has 0 amide bonds. The van der Waals surface area contributed by atoms with E-state index < -0.39 is 0 Å². The third-order valence-electron chi connectivity index (χ3n) is 10.8. The van der Waals surface area contributed by atoms with Gasteiger partial charge in [-0.1, -0.05) is 121 Å². The maximum Gasteiger partial charge on any atom is 0.161 e. The molecular formula is C48H27N3OS. The highest BCUT2D eigenvalue weighted by molar-refractivity contribution is 7.26. The number of nitrogens with zero attached hydrogens (tertiary/aromatic N) is 3. The summed E-state index contributed by atoms with van der Waals surface area (Å²) in [5.41, 5.74) is 11.5. The Labute approximate surface area is 307 Å². The monoisotopic (exact) mass is 693 g/mol. The molecule has 0 bridgehead atoms. The number of rotatable bonds is 3. The van der Waals surface area contributed by atoms with Crippen LogP contribution in [0.25, 0.3) is 97.6 Å². The first-order chi connectivity index (χ1) is 26.3. The fraction of sp³-hybridized carbons (Fsp3) is 0. The number of thiophene rings is 1. The molecule has 0 fully saturated rings. The van der Waals surface area contributed by atoms with Crippen molar-refractivity contribution in [1.29, 1.82) is 0 Å². The van der Waals surface area contributed by atoms with E-state index in [-0.39, 0.29) is 0 Å². The van der Waals surface area contributed by atoms with E-state index in [9.17, 15) is 0 Å². The number of aromatic nitrogens is 2. The van der Waals surface area contributed by atoms with Crippen LogP contribution in [0.1, 0.15) is 0 Å². The van der Waals surface area contributed by atoms with Gasteiger partial charge in [-0.25, -0.2) is 9.97 Å². The second kappa shape index (κ2) is 10.8. The topological polar surface area (TPSA) is 42.2 Å². The summed E-state index contributed by atoms with van der Waals surface area (Å²) < 4.78 is 8.82. The third-order valence-corrected chi connectivity index (χ3v) is 12.0. The zero-order valence-electron chi connectivity index (χ0n) is 28.2. The first kappa shape index (κ1) is 28.8. The second-order valence-corrected chi connectivity index (χ2v) is 14.7. The van der Waals surface area contributed by atoms with Crippen molar-refractivity contribution in [1.82, 2.24) is 9.97 Å². The highest BCUT2D eigenvalue weighted by atomic mass is 32.1. The van der Waals surface area contributed by atoms with Gasteiger partial charge in [0.15, 0.2) is 5.82 Å². The van der Waals surface area contributed by atoms with Crippen LogP contribution in [0.4, 0.5) is 17.1 Å². The van der Waals surface area contributed by atoms with Crippen molar-refractivity contribution in [3.8, 4) is 33.8 Å². The molecule has 11 aromatic rings. The third kappa shape index (κ3) is 4.05. The molecule has 3 aromatic heterocycles. The van der Waals surface area contributed by atoms with Crippen LogP contribution in [0.5, 0.6) is 0 Å². The number of anilines is 3. The van der Waals surface area contributed by atoms with Crippen molar-refractivity contribution in [3.05, 3.63) is 164 Å². The summed E-state index contributed by atoms with van der Waals surface area (Å²) in [5.74, 6) is 0.693. The van der Waals surface area contributed by atoms with E-state index in [2.05, 4.69) is 157 Å². The summed E-state index contributed by atoms with van der Waals surface area (Å²) in [4.78, 5) is 13.3. The summed E-state index contributed by atoms with van der Waals surface area (Å²) in [7, 11) is 0. The van der Waals surface area contributed by atoms with Crippen LogP contribution in [0.2, 0.25) is 0 Å². The molecule has 246 valence electrons. The molecule has 0 spiro atoms. The lowest BCUT2D eigenvalue weighted by molar-refractivity contribution is 0.670. The Bertz CT molecular complexity index is 3320. The highest BCUT2D eigenvalue weighted by Crippen LogP contribution is 2.52. The maximum atomic E-state index is 6.58. The van der Waals surface area contributed by atoms with E-state index in [0.29, 0.717) is 5.82 Å². The average molecular weight is 694 g/mol. The molecule has 1 aliphatic rings. The quantitative estimate of drug-likeness (QED) is 0.185. The summed E-state index contributed by atoms with van der Waals surface area (Å²) in [5, 5.41) is 8.05. The van der Waals surface area contributed by atoms with Crippen LogP contribution in [-0.2, 0) is 0 Å². The Hall–Kier alpha value is -6.82. The summed E-state index contributed by atoms with van der Waals surface area (Å²) >= 11 is 1.74. The predicted molar refractivity (Wildman–Crippen MR) is 222 cm³/mol. The van der Waals surface area contributed by atoms with Gasteiger partial charge in [0, 0.05) is 48.3 Å². The molecule has 4 heterocycles. The van der Waals surface area contributed by atoms with E-state index in [1.807, 2.05) is 12.1 Å². The summed E-state index contributed by atoms with van der Waals surface area (Å²) in [6.07, 6.45) is 0. The van der Waals surface area contributed by atoms with Gasteiger partial charge in [-0.05, 0) is 58.8 Å². The van der Waals surface area contributed by atoms with Gasteiger partial charge in [0.2, 0.25) is 0 Å². The van der Waals surface area contributed by atoms with Crippen LogP contribution < -0.4 is 4.90 Å². The Morgan fingerprint density at radius 1 is 0.453 bits per heavy atom. The van der Waals surface area contributed by atoms with Gasteiger partial charge in [0.25, 0.3) is 0 Å². The molecule has 0 radical (unpaired) electrons. The SMILES string of the molecule is c1ccc2c(c1)-c1cccc3cccc(c13)N2c1ccc(-c2nc(-c3cccc4c3oc3ccccc34)c3sc4ccccc4c3n2)c2ccccc12. The zero-order valence-corrected chi connectivity index (χ0v) is 29.1. The van der Waals surface area contributed by atoms with Crippen LogP contribution in [-0.4, -0.2) is 9.97 Å². The molecule has 53 heavy (non-hydrogen) atoms. The minimum atomic E-state index is 0.693. The molecule has 0 unspecified atom stereocenters. The molecule has 0 atom stereocenters. The molecular weight excluding hydrogens is 667 g/mol. The molecule has 8 aromatic carbocycles. The van der Waals surface area contributed by atoms with Gasteiger partial charge < -0.3 is 9.32 Å². The molecule has 0 saturated heterocycles. The number of benzene rings is 8. The van der Waals surface area contributed by atoms with Gasteiger partial charge in [-0.2, -0.15) is 0 Å². The molecule has 0 N–H and O–H groups in total. The molecule has 5 heteroatoms. The standard InChI is InChI=1S/C48H27N3OS/c1-2-15-30-29(14-1)35(26-27-39(30)51-38-22-6-3-16-31(38)33-19-9-12-28-13-10-23-40(51)43(28)33)48-49-44-36-18-5-8-25-42(36)53-47(44)45(50-48)37-21-11-20-34-32-17-4-7-24-41(32)52-46(34)37/h1-27H. The number of fused-ring (bicyclic) bond motifs is 9. The largest absolute Gasteiger partial charge is 0.455 e. The minimum Gasteiger partial charge on any atom is -0.455 e.